The van der Waals surface area contributed by atoms with E-state index in [2.05, 4.69) is 15.2 Å². The third-order valence-electron chi connectivity index (χ3n) is 5.06. The van der Waals surface area contributed by atoms with Crippen LogP contribution >= 0.6 is 0 Å². The van der Waals surface area contributed by atoms with Gasteiger partial charge in [0.1, 0.15) is 5.82 Å². The first-order valence-corrected chi connectivity index (χ1v) is 7.75. The first kappa shape index (κ1) is 13.5. The lowest BCUT2D eigenvalue weighted by molar-refractivity contribution is 0.0697. The first-order chi connectivity index (χ1) is 10.7. The van der Waals surface area contributed by atoms with Crippen molar-refractivity contribution in [1.82, 2.24) is 10.3 Å². The molecular weight excluding hydrogens is 278 g/mol. The molecule has 1 aromatic carbocycles. The lowest BCUT2D eigenvalue weighted by Gasteiger charge is -2.24. The summed E-state index contributed by atoms with van der Waals surface area (Å²) in [6.07, 6.45) is 4.21. The second-order valence-electron chi connectivity index (χ2n) is 6.47. The number of hydrogen-bond donors (Lipinski definition) is 2. The van der Waals surface area contributed by atoms with Crippen molar-refractivity contribution in [3.05, 3.63) is 36.0 Å². The molecule has 5 heteroatoms. The lowest BCUT2D eigenvalue weighted by atomic mass is 9.86. The summed E-state index contributed by atoms with van der Waals surface area (Å²) in [6.45, 7) is 4.26. The molecule has 2 fully saturated rings. The molecular formula is C17H19N3O2. The summed E-state index contributed by atoms with van der Waals surface area (Å²) in [6, 6.07) is 7.16. The number of fused-ring (bicyclic) bond motifs is 1. The fourth-order valence-corrected chi connectivity index (χ4v) is 3.81. The molecule has 0 radical (unpaired) electrons. The van der Waals surface area contributed by atoms with Crippen LogP contribution in [0.3, 0.4) is 0 Å². The molecule has 2 saturated heterocycles. The molecule has 114 valence electrons. The number of anilines is 1. The van der Waals surface area contributed by atoms with E-state index in [9.17, 15) is 4.79 Å². The van der Waals surface area contributed by atoms with Crippen LogP contribution in [0.25, 0.3) is 10.8 Å². The Hall–Kier alpha value is -2.14. The zero-order valence-electron chi connectivity index (χ0n) is 12.4. The Kier molecular flexibility index (Phi) is 3.04. The molecule has 4 rings (SSSR count). The van der Waals surface area contributed by atoms with E-state index in [0.29, 0.717) is 11.0 Å². The number of carbonyl (C=O) groups is 1. The summed E-state index contributed by atoms with van der Waals surface area (Å²) >= 11 is 0. The molecule has 2 N–H and O–H groups in total. The van der Waals surface area contributed by atoms with Gasteiger partial charge in [-0.15, -0.1) is 0 Å². The van der Waals surface area contributed by atoms with E-state index < -0.39 is 5.97 Å². The Bertz CT molecular complexity index is 738. The van der Waals surface area contributed by atoms with Crippen molar-refractivity contribution >= 4 is 22.6 Å². The number of carboxylic acids is 1. The molecule has 1 spiro atoms. The first-order valence-electron chi connectivity index (χ1n) is 7.75. The average molecular weight is 297 g/mol. The predicted molar refractivity (Wildman–Crippen MR) is 85.5 cm³/mol. The van der Waals surface area contributed by atoms with Crippen LogP contribution < -0.4 is 10.2 Å². The monoisotopic (exact) mass is 297 g/mol. The molecule has 3 heterocycles. The summed E-state index contributed by atoms with van der Waals surface area (Å²) in [5.74, 6) is 0.0932. The summed E-state index contributed by atoms with van der Waals surface area (Å²) in [4.78, 5) is 18.1. The van der Waals surface area contributed by atoms with E-state index in [4.69, 9.17) is 5.11 Å². The largest absolute Gasteiger partial charge is 0.478 e. The Morgan fingerprint density at radius 1 is 1.32 bits per heavy atom. The van der Waals surface area contributed by atoms with Crippen molar-refractivity contribution in [2.24, 2.45) is 5.41 Å². The number of aromatic carboxylic acids is 1. The molecule has 2 aliphatic rings. The number of rotatable bonds is 2. The molecule has 1 atom stereocenters. The minimum atomic E-state index is -0.891. The second kappa shape index (κ2) is 4.95. The van der Waals surface area contributed by atoms with Gasteiger partial charge in [-0.3, -0.25) is 0 Å². The Labute approximate surface area is 129 Å². The molecule has 5 nitrogen and oxygen atoms in total. The predicted octanol–water partition coefficient (Wildman–Crippen LogP) is 2.12. The van der Waals surface area contributed by atoms with Gasteiger partial charge in [0.2, 0.25) is 0 Å². The van der Waals surface area contributed by atoms with Crippen LogP contribution in [0, 0.1) is 5.41 Å². The van der Waals surface area contributed by atoms with Gasteiger partial charge < -0.3 is 15.3 Å². The summed E-state index contributed by atoms with van der Waals surface area (Å²) in [7, 11) is 0. The minimum Gasteiger partial charge on any atom is -0.478 e. The summed E-state index contributed by atoms with van der Waals surface area (Å²) < 4.78 is 0. The maximum Gasteiger partial charge on any atom is 0.335 e. The van der Waals surface area contributed by atoms with Gasteiger partial charge in [-0.1, -0.05) is 0 Å². The van der Waals surface area contributed by atoms with Crippen LogP contribution in [0.2, 0.25) is 0 Å². The fraction of sp³-hybridized carbons (Fsp3) is 0.412. The van der Waals surface area contributed by atoms with E-state index in [1.54, 1.807) is 18.3 Å². The van der Waals surface area contributed by atoms with E-state index in [-0.39, 0.29) is 0 Å². The Balaban J connectivity index is 1.71. The van der Waals surface area contributed by atoms with E-state index in [1.807, 2.05) is 12.1 Å². The van der Waals surface area contributed by atoms with Gasteiger partial charge in [0.05, 0.1) is 5.56 Å². The van der Waals surface area contributed by atoms with Crippen molar-refractivity contribution in [1.29, 1.82) is 0 Å². The summed E-state index contributed by atoms with van der Waals surface area (Å²) in [5.41, 5.74) is 0.715. The summed E-state index contributed by atoms with van der Waals surface area (Å²) in [5, 5.41) is 14.6. The van der Waals surface area contributed by atoms with Gasteiger partial charge in [0.15, 0.2) is 0 Å². The SMILES string of the molecule is O=C(O)c1ccc2c(N3CCC4(CCNC4)C3)nccc2c1. The number of aromatic nitrogens is 1. The fourth-order valence-electron chi connectivity index (χ4n) is 3.81. The zero-order valence-corrected chi connectivity index (χ0v) is 12.4. The molecule has 0 amide bonds. The van der Waals surface area contributed by atoms with Gasteiger partial charge in [0, 0.05) is 36.6 Å². The number of pyridine rings is 1. The van der Waals surface area contributed by atoms with Crippen molar-refractivity contribution in [2.45, 2.75) is 12.8 Å². The van der Waals surface area contributed by atoms with E-state index in [0.717, 1.165) is 42.8 Å². The average Bonchev–Trinajstić information content (AvgIpc) is 3.16. The molecule has 1 unspecified atom stereocenters. The van der Waals surface area contributed by atoms with E-state index in [1.165, 1.54) is 12.8 Å². The highest BCUT2D eigenvalue weighted by Crippen LogP contribution is 2.39. The number of carboxylic acid groups (broad SMARTS) is 1. The van der Waals surface area contributed by atoms with Crippen LogP contribution in [0.5, 0.6) is 0 Å². The van der Waals surface area contributed by atoms with Crippen LogP contribution in [-0.4, -0.2) is 42.2 Å². The number of hydrogen-bond acceptors (Lipinski definition) is 4. The highest BCUT2D eigenvalue weighted by molar-refractivity contribution is 5.98. The maximum absolute atomic E-state index is 11.1. The van der Waals surface area contributed by atoms with Crippen LogP contribution in [-0.2, 0) is 0 Å². The quantitative estimate of drug-likeness (QED) is 0.889. The third kappa shape index (κ3) is 2.13. The van der Waals surface area contributed by atoms with Gasteiger partial charge in [-0.2, -0.15) is 0 Å². The van der Waals surface area contributed by atoms with Gasteiger partial charge in [-0.25, -0.2) is 9.78 Å². The van der Waals surface area contributed by atoms with Crippen molar-refractivity contribution in [3.8, 4) is 0 Å². The van der Waals surface area contributed by atoms with Crippen molar-refractivity contribution < 1.29 is 9.90 Å². The number of benzene rings is 1. The van der Waals surface area contributed by atoms with E-state index >= 15 is 0 Å². The molecule has 22 heavy (non-hydrogen) atoms. The highest BCUT2D eigenvalue weighted by Gasteiger charge is 2.40. The van der Waals surface area contributed by atoms with Gasteiger partial charge in [0.25, 0.3) is 0 Å². The topological polar surface area (TPSA) is 65.5 Å². The maximum atomic E-state index is 11.1. The highest BCUT2D eigenvalue weighted by atomic mass is 16.4. The van der Waals surface area contributed by atoms with Crippen LogP contribution in [0.4, 0.5) is 5.82 Å². The van der Waals surface area contributed by atoms with Gasteiger partial charge >= 0.3 is 5.97 Å². The third-order valence-corrected chi connectivity index (χ3v) is 5.06. The molecule has 0 aliphatic carbocycles. The standard InChI is InChI=1S/C17H19N3O2/c21-16(22)13-1-2-14-12(9-13)3-6-19-15(14)20-8-5-17(11-20)4-7-18-10-17/h1-3,6,9,18H,4-5,7-8,10-11H2,(H,21,22). The lowest BCUT2D eigenvalue weighted by Crippen LogP contribution is -2.29. The van der Waals surface area contributed by atoms with Crippen LogP contribution in [0.15, 0.2) is 30.5 Å². The molecule has 2 aliphatic heterocycles. The van der Waals surface area contributed by atoms with Crippen molar-refractivity contribution in [2.75, 3.05) is 31.1 Å². The smallest absolute Gasteiger partial charge is 0.335 e. The number of nitrogens with one attached hydrogen (secondary N) is 1. The molecule has 2 aromatic rings. The van der Waals surface area contributed by atoms with Gasteiger partial charge in [-0.05, 0) is 49.0 Å². The minimum absolute atomic E-state index is 0.322. The Morgan fingerprint density at radius 2 is 2.23 bits per heavy atom. The second-order valence-corrected chi connectivity index (χ2v) is 6.47. The number of nitrogens with zero attached hydrogens (tertiary/aromatic N) is 2. The molecule has 0 bridgehead atoms. The zero-order chi connectivity index (χ0) is 15.2. The van der Waals surface area contributed by atoms with Crippen molar-refractivity contribution in [3.63, 3.8) is 0 Å². The Morgan fingerprint density at radius 3 is 3.00 bits per heavy atom. The molecule has 1 aromatic heterocycles. The van der Waals surface area contributed by atoms with Crippen LogP contribution in [0.1, 0.15) is 23.2 Å². The molecule has 0 saturated carbocycles. The normalized spacial score (nSPS) is 24.5.